The first-order valence-corrected chi connectivity index (χ1v) is 3.17. The summed E-state index contributed by atoms with van der Waals surface area (Å²) in [7, 11) is 0. The smallest absolute Gasteiger partial charge is 0.0660 e. The van der Waals surface area contributed by atoms with Gasteiger partial charge in [-0.25, -0.2) is 5.54 Å². The largest absolute Gasteiger partial charge is 0.225 e. The minimum atomic E-state index is 0.525. The monoisotopic (exact) mass is 139 g/mol. The second-order valence-electron chi connectivity index (χ2n) is 2.47. The van der Waals surface area contributed by atoms with E-state index in [-0.39, 0.29) is 0 Å². The summed E-state index contributed by atoms with van der Waals surface area (Å²) in [5.41, 5.74) is 4.27. The lowest BCUT2D eigenvalue weighted by molar-refractivity contribution is 0.617. The number of hydrogen-bond acceptors (Lipinski definition) is 1. The molecule has 0 saturated heterocycles. The van der Waals surface area contributed by atoms with Crippen molar-refractivity contribution in [3.63, 3.8) is 0 Å². The van der Waals surface area contributed by atoms with Gasteiger partial charge in [-0.3, -0.25) is 0 Å². The van der Waals surface area contributed by atoms with E-state index in [9.17, 15) is 4.48 Å². The normalized spacial score (nSPS) is 9.50. The van der Waals surface area contributed by atoms with Gasteiger partial charge in [-0.15, -0.1) is 4.48 Å². The zero-order valence-corrected chi connectivity index (χ0v) is 6.11. The first kappa shape index (κ1) is 7.06. The molecular formula is C8H10FN. The molecule has 0 aromatic heterocycles. The second kappa shape index (κ2) is 2.69. The van der Waals surface area contributed by atoms with Crippen molar-refractivity contribution in [3.8, 4) is 0 Å². The fourth-order valence-electron chi connectivity index (χ4n) is 1.03. The van der Waals surface area contributed by atoms with E-state index in [0.29, 0.717) is 5.69 Å². The first-order valence-electron chi connectivity index (χ1n) is 3.17. The van der Waals surface area contributed by atoms with Crippen LogP contribution in [-0.4, -0.2) is 0 Å². The molecule has 0 aliphatic rings. The lowest BCUT2D eigenvalue weighted by Crippen LogP contribution is -1.84. The number of benzene rings is 1. The Bertz CT molecular complexity index is 212. The highest BCUT2D eigenvalue weighted by atomic mass is 19.2. The van der Waals surface area contributed by atoms with E-state index < -0.39 is 0 Å². The summed E-state index contributed by atoms with van der Waals surface area (Å²) >= 11 is 0. The van der Waals surface area contributed by atoms with Crippen LogP contribution in [-0.2, 0) is 0 Å². The Kier molecular flexibility index (Phi) is 1.90. The molecule has 0 atom stereocenters. The highest BCUT2D eigenvalue weighted by Crippen LogP contribution is 2.12. The van der Waals surface area contributed by atoms with Gasteiger partial charge in [-0.1, -0.05) is 6.07 Å². The summed E-state index contributed by atoms with van der Waals surface area (Å²) in [4.78, 5) is 0. The Labute approximate surface area is 59.8 Å². The predicted octanol–water partition coefficient (Wildman–Crippen LogP) is 2.60. The third kappa shape index (κ3) is 1.47. The molecule has 0 unspecified atom stereocenters. The lowest BCUT2D eigenvalue weighted by Gasteiger charge is -1.99. The Morgan fingerprint density at radius 2 is 1.60 bits per heavy atom. The molecule has 0 fully saturated rings. The molecule has 0 spiro atoms. The summed E-state index contributed by atoms with van der Waals surface area (Å²) in [5, 5.41) is 0. The molecule has 0 saturated carbocycles. The Balaban J connectivity index is 3.06. The van der Waals surface area contributed by atoms with Crippen LogP contribution in [0.1, 0.15) is 11.1 Å². The maximum atomic E-state index is 11.8. The van der Waals surface area contributed by atoms with Gasteiger partial charge in [0, 0.05) is 0 Å². The van der Waals surface area contributed by atoms with Crippen LogP contribution in [0.25, 0.3) is 0 Å². The fraction of sp³-hybridized carbons (Fsp3) is 0.250. The molecule has 0 radical (unpaired) electrons. The zero-order valence-electron chi connectivity index (χ0n) is 6.11. The Hall–Kier alpha value is -1.05. The van der Waals surface area contributed by atoms with Gasteiger partial charge >= 0.3 is 0 Å². The second-order valence-corrected chi connectivity index (χ2v) is 2.47. The van der Waals surface area contributed by atoms with Gasteiger partial charge in [-0.2, -0.15) is 0 Å². The average Bonchev–Trinajstić information content (AvgIpc) is 1.85. The van der Waals surface area contributed by atoms with E-state index >= 15 is 0 Å². The number of rotatable bonds is 1. The minimum absolute atomic E-state index is 0.525. The molecule has 1 N–H and O–H groups in total. The van der Waals surface area contributed by atoms with Gasteiger partial charge in [0.05, 0.1) is 5.69 Å². The standard InChI is InChI=1S/C8H10FN/c1-6-3-7(2)5-8(4-6)10-9/h3-5,10H,1-2H3. The van der Waals surface area contributed by atoms with Crippen LogP contribution >= 0.6 is 0 Å². The van der Waals surface area contributed by atoms with Crippen LogP contribution in [0.15, 0.2) is 18.2 Å². The van der Waals surface area contributed by atoms with Gasteiger partial charge in [0.2, 0.25) is 0 Å². The van der Waals surface area contributed by atoms with E-state index in [1.165, 1.54) is 0 Å². The summed E-state index contributed by atoms with van der Waals surface area (Å²) in [6, 6.07) is 5.51. The molecule has 0 heterocycles. The van der Waals surface area contributed by atoms with Gasteiger partial charge in [0.25, 0.3) is 0 Å². The molecule has 10 heavy (non-hydrogen) atoms. The maximum absolute atomic E-state index is 11.8. The van der Waals surface area contributed by atoms with Crippen molar-refractivity contribution in [2.75, 3.05) is 5.54 Å². The third-order valence-electron chi connectivity index (χ3n) is 1.33. The summed E-state index contributed by atoms with van der Waals surface area (Å²) < 4.78 is 11.8. The number of hydrogen-bond donors (Lipinski definition) is 1. The predicted molar refractivity (Wildman–Crippen MR) is 40.6 cm³/mol. The molecule has 1 nitrogen and oxygen atoms in total. The van der Waals surface area contributed by atoms with Gasteiger partial charge < -0.3 is 0 Å². The minimum Gasteiger partial charge on any atom is -0.225 e. The average molecular weight is 139 g/mol. The van der Waals surface area contributed by atoms with E-state index in [4.69, 9.17) is 0 Å². The summed E-state index contributed by atoms with van der Waals surface area (Å²) in [6.07, 6.45) is 0. The molecule has 1 aromatic rings. The van der Waals surface area contributed by atoms with E-state index in [2.05, 4.69) is 0 Å². The molecule has 1 aromatic carbocycles. The van der Waals surface area contributed by atoms with Crippen molar-refractivity contribution < 1.29 is 4.48 Å². The molecule has 0 aliphatic carbocycles. The van der Waals surface area contributed by atoms with Crippen LogP contribution in [0.4, 0.5) is 10.2 Å². The van der Waals surface area contributed by atoms with Crippen LogP contribution < -0.4 is 5.54 Å². The van der Waals surface area contributed by atoms with Gasteiger partial charge in [0.15, 0.2) is 0 Å². The molecule has 54 valence electrons. The van der Waals surface area contributed by atoms with E-state index in [1.807, 2.05) is 19.9 Å². The molecule has 1 rings (SSSR count). The van der Waals surface area contributed by atoms with Crippen molar-refractivity contribution in [3.05, 3.63) is 29.3 Å². The molecule has 0 aliphatic heterocycles. The van der Waals surface area contributed by atoms with Crippen molar-refractivity contribution in [1.29, 1.82) is 0 Å². The summed E-state index contributed by atoms with van der Waals surface area (Å²) in [5.74, 6) is 0. The van der Waals surface area contributed by atoms with Crippen LogP contribution in [0.3, 0.4) is 0 Å². The number of halogens is 1. The topological polar surface area (TPSA) is 12.0 Å². The SMILES string of the molecule is Cc1cc(C)cc(NF)c1. The summed E-state index contributed by atoms with van der Waals surface area (Å²) in [6.45, 7) is 3.88. The Morgan fingerprint density at radius 1 is 1.10 bits per heavy atom. The van der Waals surface area contributed by atoms with Crippen molar-refractivity contribution in [2.45, 2.75) is 13.8 Å². The number of aryl methyl sites for hydroxylation is 2. The molecule has 2 heteroatoms. The van der Waals surface area contributed by atoms with Crippen molar-refractivity contribution in [2.24, 2.45) is 0 Å². The molecular weight excluding hydrogens is 129 g/mol. The number of nitrogens with one attached hydrogen (secondary N) is 1. The number of anilines is 1. The van der Waals surface area contributed by atoms with Crippen LogP contribution in [0, 0.1) is 13.8 Å². The maximum Gasteiger partial charge on any atom is 0.0660 e. The molecule has 0 amide bonds. The quantitative estimate of drug-likeness (QED) is 0.590. The zero-order chi connectivity index (χ0) is 7.56. The van der Waals surface area contributed by atoms with Crippen LogP contribution in [0.2, 0.25) is 0 Å². The highest BCUT2D eigenvalue weighted by molar-refractivity contribution is 5.46. The van der Waals surface area contributed by atoms with Crippen molar-refractivity contribution >= 4 is 5.69 Å². The fourth-order valence-corrected chi connectivity index (χ4v) is 1.03. The van der Waals surface area contributed by atoms with Crippen molar-refractivity contribution in [1.82, 2.24) is 0 Å². The highest BCUT2D eigenvalue weighted by Gasteiger charge is 1.92. The first-order chi connectivity index (χ1) is 4.72. The van der Waals surface area contributed by atoms with Gasteiger partial charge in [0.1, 0.15) is 0 Å². The Morgan fingerprint density at radius 3 is 2.00 bits per heavy atom. The molecule has 0 bridgehead atoms. The van der Waals surface area contributed by atoms with Gasteiger partial charge in [-0.05, 0) is 37.1 Å². The van der Waals surface area contributed by atoms with Crippen LogP contribution in [0.5, 0.6) is 0 Å². The lowest BCUT2D eigenvalue weighted by atomic mass is 10.1. The van der Waals surface area contributed by atoms with E-state index in [0.717, 1.165) is 11.1 Å². The third-order valence-corrected chi connectivity index (χ3v) is 1.33. The van der Waals surface area contributed by atoms with E-state index in [1.54, 1.807) is 17.7 Å².